The maximum Gasteiger partial charge on any atom is 0.0536 e. The van der Waals surface area contributed by atoms with Gasteiger partial charge < -0.3 is 5.32 Å². The number of nitrogens with zero attached hydrogens (tertiary/aromatic N) is 3. The van der Waals surface area contributed by atoms with Gasteiger partial charge in [-0.25, -0.2) is 0 Å². The van der Waals surface area contributed by atoms with Crippen LogP contribution < -0.4 is 5.32 Å². The molecule has 0 radical (unpaired) electrons. The van der Waals surface area contributed by atoms with Crippen molar-refractivity contribution < 1.29 is 0 Å². The molecule has 4 heteroatoms. The lowest BCUT2D eigenvalue weighted by Gasteiger charge is -2.41. The molecule has 3 rings (SSSR count). The molecule has 1 saturated heterocycles. The van der Waals surface area contributed by atoms with Gasteiger partial charge in [0.2, 0.25) is 0 Å². The van der Waals surface area contributed by atoms with Gasteiger partial charge in [-0.3, -0.25) is 9.58 Å². The van der Waals surface area contributed by atoms with Gasteiger partial charge in [0.05, 0.1) is 6.54 Å². The highest BCUT2D eigenvalue weighted by Gasteiger charge is 2.36. The third-order valence-corrected chi connectivity index (χ3v) is 5.18. The molecule has 0 amide bonds. The van der Waals surface area contributed by atoms with Crippen LogP contribution in [-0.4, -0.2) is 45.9 Å². The monoisotopic (exact) mass is 276 g/mol. The van der Waals surface area contributed by atoms with E-state index in [4.69, 9.17) is 0 Å². The molecule has 0 aromatic carbocycles. The smallest absolute Gasteiger partial charge is 0.0536 e. The number of hydrogen-bond donors (Lipinski definition) is 1. The molecule has 0 bridgehead atoms. The van der Waals surface area contributed by atoms with Crippen molar-refractivity contribution in [1.29, 1.82) is 0 Å². The molecule has 1 aromatic rings. The summed E-state index contributed by atoms with van der Waals surface area (Å²) in [4.78, 5) is 2.69. The second kappa shape index (κ2) is 6.27. The largest absolute Gasteiger partial charge is 0.310 e. The van der Waals surface area contributed by atoms with Crippen molar-refractivity contribution >= 4 is 0 Å². The van der Waals surface area contributed by atoms with Gasteiger partial charge in [0.1, 0.15) is 0 Å². The second-order valence-electron chi connectivity index (χ2n) is 6.65. The van der Waals surface area contributed by atoms with Gasteiger partial charge in [-0.2, -0.15) is 5.10 Å². The molecule has 2 aliphatic rings. The maximum absolute atomic E-state index is 4.33. The van der Waals surface area contributed by atoms with Crippen molar-refractivity contribution in [2.24, 2.45) is 0 Å². The first-order valence-corrected chi connectivity index (χ1v) is 8.24. The summed E-state index contributed by atoms with van der Waals surface area (Å²) in [6.45, 7) is 6.90. The zero-order valence-corrected chi connectivity index (χ0v) is 12.7. The van der Waals surface area contributed by atoms with E-state index < -0.39 is 0 Å². The van der Waals surface area contributed by atoms with E-state index in [1.807, 2.05) is 12.3 Å². The first kappa shape index (κ1) is 14.1. The Labute approximate surface area is 122 Å². The highest BCUT2D eigenvalue weighted by atomic mass is 15.3. The van der Waals surface area contributed by atoms with Gasteiger partial charge >= 0.3 is 0 Å². The fourth-order valence-corrected chi connectivity index (χ4v) is 3.86. The lowest BCUT2D eigenvalue weighted by molar-refractivity contribution is 0.132. The molecule has 1 N–H and O–H groups in total. The molecule has 20 heavy (non-hydrogen) atoms. The predicted molar refractivity (Wildman–Crippen MR) is 81.7 cm³/mol. The third kappa shape index (κ3) is 3.23. The Kier molecular flexibility index (Phi) is 4.41. The van der Waals surface area contributed by atoms with E-state index in [1.165, 1.54) is 51.6 Å². The normalized spacial score (nSPS) is 27.6. The van der Waals surface area contributed by atoms with E-state index in [0.29, 0.717) is 11.6 Å². The summed E-state index contributed by atoms with van der Waals surface area (Å²) >= 11 is 0. The minimum absolute atomic E-state index is 0.396. The van der Waals surface area contributed by atoms with E-state index in [9.17, 15) is 0 Å². The molecule has 1 spiro atoms. The molecule has 1 atom stereocenters. The third-order valence-electron chi connectivity index (χ3n) is 5.18. The van der Waals surface area contributed by atoms with Crippen molar-refractivity contribution in [3.8, 4) is 0 Å². The first-order valence-electron chi connectivity index (χ1n) is 8.24. The first-order chi connectivity index (χ1) is 9.77. The summed E-state index contributed by atoms with van der Waals surface area (Å²) in [5, 5.41) is 8.21. The van der Waals surface area contributed by atoms with Crippen LogP contribution in [0.1, 0.15) is 45.4 Å². The van der Waals surface area contributed by atoms with Crippen molar-refractivity contribution in [2.75, 3.05) is 19.6 Å². The quantitative estimate of drug-likeness (QED) is 0.919. The van der Waals surface area contributed by atoms with Crippen molar-refractivity contribution in [3.63, 3.8) is 0 Å². The molecule has 2 fully saturated rings. The summed E-state index contributed by atoms with van der Waals surface area (Å²) in [7, 11) is 0. The standard InChI is InChI=1S/C16H28N4/c1-15-6-10-17-16(7-3-2-4-8-16)14-19(15)12-13-20-11-5-9-18-20/h5,9,11,15,17H,2-4,6-8,10,12-14H2,1H3. The van der Waals surface area contributed by atoms with Crippen LogP contribution in [-0.2, 0) is 6.54 Å². The van der Waals surface area contributed by atoms with Crippen LogP contribution in [0.5, 0.6) is 0 Å². The van der Waals surface area contributed by atoms with Crippen molar-refractivity contribution in [1.82, 2.24) is 20.0 Å². The van der Waals surface area contributed by atoms with E-state index in [-0.39, 0.29) is 0 Å². The molecule has 1 aromatic heterocycles. The fourth-order valence-electron chi connectivity index (χ4n) is 3.86. The van der Waals surface area contributed by atoms with Gasteiger partial charge in [0.15, 0.2) is 0 Å². The summed E-state index contributed by atoms with van der Waals surface area (Å²) in [6.07, 6.45) is 12.1. The van der Waals surface area contributed by atoms with E-state index in [1.54, 1.807) is 0 Å². The summed E-state index contributed by atoms with van der Waals surface area (Å²) in [5.41, 5.74) is 0.396. The predicted octanol–water partition coefficient (Wildman–Crippen LogP) is 2.27. The minimum atomic E-state index is 0.396. The van der Waals surface area contributed by atoms with Gasteiger partial charge in [0.25, 0.3) is 0 Å². The van der Waals surface area contributed by atoms with Crippen molar-refractivity contribution in [2.45, 2.75) is 63.6 Å². The highest BCUT2D eigenvalue weighted by molar-refractivity contribution is 4.96. The molecule has 1 aliphatic heterocycles. The van der Waals surface area contributed by atoms with Crippen LogP contribution in [0, 0.1) is 0 Å². The van der Waals surface area contributed by atoms with Gasteiger partial charge in [0, 0.05) is 37.1 Å². The number of nitrogens with one attached hydrogen (secondary N) is 1. The Morgan fingerprint density at radius 2 is 2.10 bits per heavy atom. The summed E-state index contributed by atoms with van der Waals surface area (Å²) in [5.74, 6) is 0. The van der Waals surface area contributed by atoms with Crippen molar-refractivity contribution in [3.05, 3.63) is 18.5 Å². The van der Waals surface area contributed by atoms with Crippen LogP contribution in [0.3, 0.4) is 0 Å². The minimum Gasteiger partial charge on any atom is -0.310 e. The summed E-state index contributed by atoms with van der Waals surface area (Å²) < 4.78 is 2.05. The zero-order chi connectivity index (χ0) is 13.8. The van der Waals surface area contributed by atoms with Gasteiger partial charge in [-0.15, -0.1) is 0 Å². The second-order valence-corrected chi connectivity index (χ2v) is 6.65. The molecular weight excluding hydrogens is 248 g/mol. The number of aromatic nitrogens is 2. The van der Waals surface area contributed by atoms with Crippen LogP contribution in [0.15, 0.2) is 18.5 Å². The number of rotatable bonds is 3. The lowest BCUT2D eigenvalue weighted by atomic mass is 9.81. The molecule has 2 heterocycles. The molecule has 1 saturated carbocycles. The molecular formula is C16H28N4. The Hall–Kier alpha value is -0.870. The average molecular weight is 276 g/mol. The summed E-state index contributed by atoms with van der Waals surface area (Å²) in [6, 6.07) is 2.69. The van der Waals surface area contributed by atoms with Crippen LogP contribution in [0.4, 0.5) is 0 Å². The van der Waals surface area contributed by atoms with E-state index in [2.05, 4.69) is 33.1 Å². The average Bonchev–Trinajstić information content (AvgIpc) is 2.93. The zero-order valence-electron chi connectivity index (χ0n) is 12.7. The molecule has 1 aliphatic carbocycles. The molecule has 4 nitrogen and oxygen atoms in total. The van der Waals surface area contributed by atoms with Crippen LogP contribution in [0.2, 0.25) is 0 Å². The topological polar surface area (TPSA) is 33.1 Å². The van der Waals surface area contributed by atoms with Crippen LogP contribution >= 0.6 is 0 Å². The van der Waals surface area contributed by atoms with E-state index >= 15 is 0 Å². The highest BCUT2D eigenvalue weighted by Crippen LogP contribution is 2.31. The van der Waals surface area contributed by atoms with Crippen LogP contribution in [0.25, 0.3) is 0 Å². The Morgan fingerprint density at radius 3 is 2.85 bits per heavy atom. The Balaban J connectivity index is 1.63. The maximum atomic E-state index is 4.33. The molecule has 112 valence electrons. The van der Waals surface area contributed by atoms with Gasteiger partial charge in [-0.1, -0.05) is 19.3 Å². The Bertz CT molecular complexity index is 395. The SMILES string of the molecule is CC1CCNC2(CCCCC2)CN1CCn1cccn1. The number of hydrogen-bond acceptors (Lipinski definition) is 3. The Morgan fingerprint density at radius 1 is 1.25 bits per heavy atom. The van der Waals surface area contributed by atoms with Gasteiger partial charge in [-0.05, 0) is 38.8 Å². The van der Waals surface area contributed by atoms with E-state index in [0.717, 1.165) is 13.1 Å². The lowest BCUT2D eigenvalue weighted by Crippen LogP contribution is -2.53. The fraction of sp³-hybridized carbons (Fsp3) is 0.812. The molecule has 1 unspecified atom stereocenters.